The van der Waals surface area contributed by atoms with Crippen LogP contribution in [0.2, 0.25) is 5.02 Å². The molecule has 3 N–H and O–H groups in total. The van der Waals surface area contributed by atoms with Crippen molar-refractivity contribution >= 4 is 17.6 Å². The molecule has 1 aromatic carbocycles. The number of fused-ring (bicyclic) bond motifs is 1. The molecule has 4 nitrogen and oxygen atoms in total. The first-order chi connectivity index (χ1) is 7.04. The van der Waals surface area contributed by atoms with Crippen LogP contribution >= 0.6 is 11.6 Å². The van der Waals surface area contributed by atoms with Gasteiger partial charge in [0.05, 0.1) is 6.61 Å². The van der Waals surface area contributed by atoms with Gasteiger partial charge in [-0.05, 0) is 18.2 Å². The van der Waals surface area contributed by atoms with Gasteiger partial charge in [0.2, 0.25) is 0 Å². The van der Waals surface area contributed by atoms with Crippen molar-refractivity contribution in [3.63, 3.8) is 0 Å². The number of carboxylic acids is 1. The van der Waals surface area contributed by atoms with Gasteiger partial charge in [-0.2, -0.15) is 0 Å². The standard InChI is InChI=1S/C10H10ClNO3/c11-6-1-2-8-7(5-6)10(12,9(13)14)3-4-15-8/h1-2,5H,3-4,12H2,(H,13,14). The van der Waals surface area contributed by atoms with Gasteiger partial charge in [-0.15, -0.1) is 0 Å². The van der Waals surface area contributed by atoms with Crippen LogP contribution in [0.15, 0.2) is 18.2 Å². The zero-order valence-electron chi connectivity index (χ0n) is 7.87. The number of nitrogens with two attached hydrogens (primary N) is 1. The lowest BCUT2D eigenvalue weighted by atomic mass is 9.86. The lowest BCUT2D eigenvalue weighted by Gasteiger charge is -2.31. The van der Waals surface area contributed by atoms with E-state index >= 15 is 0 Å². The Hall–Kier alpha value is -1.26. The zero-order chi connectivity index (χ0) is 11.1. The Balaban J connectivity index is 2.59. The van der Waals surface area contributed by atoms with E-state index in [1.807, 2.05) is 0 Å². The molecule has 5 heteroatoms. The fourth-order valence-electron chi connectivity index (χ4n) is 1.66. The average molecular weight is 228 g/mol. The number of aliphatic carboxylic acids is 1. The second-order valence-corrected chi connectivity index (χ2v) is 3.95. The molecule has 0 aromatic heterocycles. The number of rotatable bonds is 1. The van der Waals surface area contributed by atoms with Crippen LogP contribution in [0, 0.1) is 0 Å². The summed E-state index contributed by atoms with van der Waals surface area (Å²) in [6.45, 7) is 0.303. The van der Waals surface area contributed by atoms with E-state index in [4.69, 9.17) is 27.2 Å². The van der Waals surface area contributed by atoms with Crippen molar-refractivity contribution in [3.05, 3.63) is 28.8 Å². The third-order valence-corrected chi connectivity index (χ3v) is 2.79. The van der Waals surface area contributed by atoms with E-state index in [2.05, 4.69) is 0 Å². The molecule has 0 saturated heterocycles. The molecular weight excluding hydrogens is 218 g/mol. The van der Waals surface area contributed by atoms with Crippen LogP contribution in [0.4, 0.5) is 0 Å². The van der Waals surface area contributed by atoms with Gasteiger partial charge < -0.3 is 15.6 Å². The lowest BCUT2D eigenvalue weighted by Crippen LogP contribution is -2.48. The Bertz CT molecular complexity index is 421. The summed E-state index contributed by atoms with van der Waals surface area (Å²) in [4.78, 5) is 11.1. The van der Waals surface area contributed by atoms with Gasteiger partial charge >= 0.3 is 5.97 Å². The fourth-order valence-corrected chi connectivity index (χ4v) is 1.83. The van der Waals surface area contributed by atoms with Crippen molar-refractivity contribution < 1.29 is 14.6 Å². The Morgan fingerprint density at radius 1 is 1.60 bits per heavy atom. The molecule has 0 fully saturated rings. The minimum atomic E-state index is -1.39. The van der Waals surface area contributed by atoms with Crippen LogP contribution in [-0.2, 0) is 10.3 Å². The number of halogens is 1. The maximum Gasteiger partial charge on any atom is 0.328 e. The summed E-state index contributed by atoms with van der Waals surface area (Å²) in [5.41, 5.74) is 4.89. The summed E-state index contributed by atoms with van der Waals surface area (Å²) in [5.74, 6) is -0.565. The summed E-state index contributed by atoms with van der Waals surface area (Å²) < 4.78 is 5.32. The highest BCUT2D eigenvalue weighted by Crippen LogP contribution is 2.36. The summed E-state index contributed by atoms with van der Waals surface area (Å²) >= 11 is 5.80. The predicted molar refractivity (Wildman–Crippen MR) is 55.1 cm³/mol. The average Bonchev–Trinajstić information content (AvgIpc) is 2.19. The van der Waals surface area contributed by atoms with Crippen molar-refractivity contribution in [3.8, 4) is 5.75 Å². The zero-order valence-corrected chi connectivity index (χ0v) is 8.62. The Kier molecular flexibility index (Phi) is 2.32. The molecule has 1 aliphatic rings. The fraction of sp³-hybridized carbons (Fsp3) is 0.300. The van der Waals surface area contributed by atoms with Crippen LogP contribution in [-0.4, -0.2) is 17.7 Å². The van der Waals surface area contributed by atoms with Gasteiger partial charge in [0, 0.05) is 17.0 Å². The van der Waals surface area contributed by atoms with Gasteiger partial charge in [0.25, 0.3) is 0 Å². The van der Waals surface area contributed by atoms with Crippen LogP contribution in [0.3, 0.4) is 0 Å². The molecule has 1 aromatic rings. The third kappa shape index (κ3) is 1.56. The molecule has 0 saturated carbocycles. The summed E-state index contributed by atoms with van der Waals surface area (Å²) in [7, 11) is 0. The van der Waals surface area contributed by atoms with E-state index in [0.29, 0.717) is 22.9 Å². The number of hydrogen-bond acceptors (Lipinski definition) is 3. The first-order valence-electron chi connectivity index (χ1n) is 4.49. The highest BCUT2D eigenvalue weighted by atomic mass is 35.5. The maximum absolute atomic E-state index is 11.1. The quantitative estimate of drug-likeness (QED) is 0.760. The van der Waals surface area contributed by atoms with Gasteiger partial charge in [-0.3, -0.25) is 0 Å². The minimum absolute atomic E-state index is 0.246. The maximum atomic E-state index is 11.1. The van der Waals surface area contributed by atoms with Crippen LogP contribution in [0.5, 0.6) is 5.75 Å². The number of benzene rings is 1. The van der Waals surface area contributed by atoms with Crippen molar-refractivity contribution in [1.29, 1.82) is 0 Å². The van der Waals surface area contributed by atoms with E-state index in [-0.39, 0.29) is 6.42 Å². The van der Waals surface area contributed by atoms with Gasteiger partial charge in [0.1, 0.15) is 11.3 Å². The molecule has 1 heterocycles. The van der Waals surface area contributed by atoms with E-state index in [0.717, 1.165) is 0 Å². The van der Waals surface area contributed by atoms with Gasteiger partial charge in [-0.1, -0.05) is 11.6 Å². The molecule has 0 spiro atoms. The molecular formula is C10H10ClNO3. The summed E-state index contributed by atoms with van der Waals surface area (Å²) in [6, 6.07) is 4.83. The van der Waals surface area contributed by atoms with Crippen molar-refractivity contribution in [1.82, 2.24) is 0 Å². The smallest absolute Gasteiger partial charge is 0.328 e. The molecule has 0 bridgehead atoms. The molecule has 80 valence electrons. The normalized spacial score (nSPS) is 24.1. The summed E-state index contributed by atoms with van der Waals surface area (Å²) in [6.07, 6.45) is 0.246. The van der Waals surface area contributed by atoms with Crippen molar-refractivity contribution in [2.45, 2.75) is 12.0 Å². The third-order valence-electron chi connectivity index (χ3n) is 2.56. The molecule has 0 aliphatic carbocycles. The largest absolute Gasteiger partial charge is 0.493 e. The van der Waals surface area contributed by atoms with E-state index < -0.39 is 11.5 Å². The SMILES string of the molecule is NC1(C(=O)O)CCOc2ccc(Cl)cc21. The van der Waals surface area contributed by atoms with E-state index in [1.54, 1.807) is 18.2 Å². The van der Waals surface area contributed by atoms with Crippen LogP contribution in [0.25, 0.3) is 0 Å². The number of ether oxygens (including phenoxy) is 1. The second-order valence-electron chi connectivity index (χ2n) is 3.52. The topological polar surface area (TPSA) is 72.6 Å². The molecule has 1 atom stereocenters. The van der Waals surface area contributed by atoms with Gasteiger partial charge in [-0.25, -0.2) is 4.79 Å². The predicted octanol–water partition coefficient (Wildman–Crippen LogP) is 1.36. The highest BCUT2D eigenvalue weighted by molar-refractivity contribution is 6.30. The number of carbonyl (C=O) groups is 1. The Morgan fingerprint density at radius 2 is 2.33 bits per heavy atom. The Labute approximate surface area is 91.6 Å². The van der Waals surface area contributed by atoms with Crippen LogP contribution < -0.4 is 10.5 Å². The van der Waals surface area contributed by atoms with Crippen LogP contribution in [0.1, 0.15) is 12.0 Å². The number of hydrogen-bond donors (Lipinski definition) is 2. The Morgan fingerprint density at radius 3 is 3.00 bits per heavy atom. The lowest BCUT2D eigenvalue weighted by molar-refractivity contribution is -0.144. The first-order valence-corrected chi connectivity index (χ1v) is 4.87. The second kappa shape index (κ2) is 3.40. The summed E-state index contributed by atoms with van der Waals surface area (Å²) in [5, 5.41) is 9.57. The molecule has 1 unspecified atom stereocenters. The molecule has 0 radical (unpaired) electrons. The van der Waals surface area contributed by atoms with Crippen molar-refractivity contribution in [2.75, 3.05) is 6.61 Å². The van der Waals surface area contributed by atoms with Gasteiger partial charge in [0.15, 0.2) is 0 Å². The first kappa shape index (κ1) is 10.3. The van der Waals surface area contributed by atoms with E-state index in [1.165, 1.54) is 0 Å². The highest BCUT2D eigenvalue weighted by Gasteiger charge is 2.41. The van der Waals surface area contributed by atoms with Crippen molar-refractivity contribution in [2.24, 2.45) is 5.73 Å². The van der Waals surface area contributed by atoms with E-state index in [9.17, 15) is 4.79 Å². The molecule has 1 aliphatic heterocycles. The monoisotopic (exact) mass is 227 g/mol. The number of carboxylic acid groups (broad SMARTS) is 1. The molecule has 2 rings (SSSR count). The minimum Gasteiger partial charge on any atom is -0.493 e. The molecule has 0 amide bonds. The molecule has 15 heavy (non-hydrogen) atoms.